The van der Waals surface area contributed by atoms with Crippen LogP contribution < -0.4 is 5.32 Å². The molecule has 1 aliphatic heterocycles. The van der Waals surface area contributed by atoms with Crippen molar-refractivity contribution in [3.63, 3.8) is 0 Å². The normalized spacial score (nSPS) is 16.8. The molecule has 3 nitrogen and oxygen atoms in total. The van der Waals surface area contributed by atoms with Crippen LogP contribution in [-0.2, 0) is 15.6 Å². The molecule has 0 amide bonds. The van der Waals surface area contributed by atoms with Gasteiger partial charge in [-0.3, -0.25) is 0 Å². The van der Waals surface area contributed by atoms with Gasteiger partial charge in [0.25, 0.3) is 0 Å². The number of hydrogen-bond donors (Lipinski definition) is 1. The molecule has 1 fully saturated rings. The Morgan fingerprint density at radius 3 is 2.65 bits per heavy atom. The molecule has 1 saturated heterocycles. The van der Waals surface area contributed by atoms with Crippen LogP contribution >= 0.6 is 15.9 Å². The molecule has 1 N–H and O–H groups in total. The molecule has 1 aromatic carbocycles. The maximum absolute atomic E-state index is 13.0. The molecule has 0 atom stereocenters. The fraction of sp³-hybridized carbons (Fsp3) is 0.455. The van der Waals surface area contributed by atoms with Crippen molar-refractivity contribution in [2.24, 2.45) is 5.92 Å². The van der Waals surface area contributed by atoms with Crippen LogP contribution in [0, 0.1) is 11.7 Å². The van der Waals surface area contributed by atoms with Crippen molar-refractivity contribution >= 4 is 25.8 Å². The Kier molecular flexibility index (Phi) is 3.85. The molecule has 0 aromatic heterocycles. The topological polar surface area (TPSA) is 46.2 Å². The van der Waals surface area contributed by atoms with Gasteiger partial charge >= 0.3 is 0 Å². The highest BCUT2D eigenvalue weighted by molar-refractivity contribution is 9.10. The molecule has 0 aliphatic carbocycles. The Balaban J connectivity index is 2.05. The summed E-state index contributed by atoms with van der Waals surface area (Å²) in [6.45, 7) is 1.54. The van der Waals surface area contributed by atoms with Crippen molar-refractivity contribution < 1.29 is 12.8 Å². The zero-order valence-electron chi connectivity index (χ0n) is 9.12. The van der Waals surface area contributed by atoms with E-state index in [4.69, 9.17) is 0 Å². The van der Waals surface area contributed by atoms with Crippen molar-refractivity contribution in [3.05, 3.63) is 34.1 Å². The average molecular weight is 322 g/mol. The second-order valence-corrected chi connectivity index (χ2v) is 7.29. The Hall–Kier alpha value is -0.460. The number of nitrogens with one attached hydrogen (secondary N) is 1. The predicted octanol–water partition coefficient (Wildman–Crippen LogP) is 1.72. The van der Waals surface area contributed by atoms with E-state index in [1.165, 1.54) is 18.2 Å². The van der Waals surface area contributed by atoms with Crippen LogP contribution in [0.15, 0.2) is 22.7 Å². The summed E-state index contributed by atoms with van der Waals surface area (Å²) in [5.74, 6) is 0.0235. The molecular formula is C11H13BrFNO2S. The first-order valence-corrected chi connectivity index (χ1v) is 7.93. The smallest absolute Gasteiger partial charge is 0.154 e. The number of halogens is 2. The van der Waals surface area contributed by atoms with Gasteiger partial charge in [0.1, 0.15) is 5.82 Å². The first-order chi connectivity index (χ1) is 7.96. The van der Waals surface area contributed by atoms with E-state index in [1.807, 2.05) is 0 Å². The van der Waals surface area contributed by atoms with Crippen LogP contribution in [0.4, 0.5) is 4.39 Å². The average Bonchev–Trinajstić information content (AvgIpc) is 2.18. The first kappa shape index (κ1) is 13.0. The lowest BCUT2D eigenvalue weighted by Gasteiger charge is -2.26. The zero-order valence-corrected chi connectivity index (χ0v) is 11.5. The van der Waals surface area contributed by atoms with Crippen LogP contribution in [0.3, 0.4) is 0 Å². The van der Waals surface area contributed by atoms with Gasteiger partial charge in [-0.05, 0) is 39.5 Å². The summed E-state index contributed by atoms with van der Waals surface area (Å²) in [6, 6.07) is 4.31. The number of hydrogen-bond acceptors (Lipinski definition) is 3. The van der Waals surface area contributed by atoms with Gasteiger partial charge in [0.2, 0.25) is 0 Å². The Bertz CT molecular complexity index is 514. The minimum atomic E-state index is -3.11. The maximum Gasteiger partial charge on any atom is 0.154 e. The summed E-state index contributed by atoms with van der Waals surface area (Å²) in [5.41, 5.74) is 0.616. The lowest BCUT2D eigenvalue weighted by molar-refractivity contribution is 0.378. The second kappa shape index (κ2) is 5.04. The fourth-order valence-electron chi connectivity index (χ4n) is 1.77. The van der Waals surface area contributed by atoms with E-state index >= 15 is 0 Å². The van der Waals surface area contributed by atoms with E-state index in [0.29, 0.717) is 10.0 Å². The number of benzene rings is 1. The molecule has 1 aromatic rings. The third-order valence-electron chi connectivity index (χ3n) is 2.73. The van der Waals surface area contributed by atoms with Gasteiger partial charge in [-0.2, -0.15) is 0 Å². The summed E-state index contributed by atoms with van der Waals surface area (Å²) in [7, 11) is -3.11. The van der Waals surface area contributed by atoms with Gasteiger partial charge in [-0.15, -0.1) is 0 Å². The van der Waals surface area contributed by atoms with E-state index in [2.05, 4.69) is 21.2 Å². The molecule has 2 rings (SSSR count). The lowest BCUT2D eigenvalue weighted by Crippen LogP contribution is -2.45. The van der Waals surface area contributed by atoms with Crippen molar-refractivity contribution in [2.45, 2.75) is 5.75 Å². The van der Waals surface area contributed by atoms with Gasteiger partial charge in [0, 0.05) is 13.1 Å². The molecular weight excluding hydrogens is 309 g/mol. The van der Waals surface area contributed by atoms with E-state index in [9.17, 15) is 12.8 Å². The minimum Gasteiger partial charge on any atom is -0.316 e. The molecule has 94 valence electrons. The van der Waals surface area contributed by atoms with Gasteiger partial charge in [0.05, 0.1) is 16.0 Å². The molecule has 0 unspecified atom stereocenters. The van der Waals surface area contributed by atoms with Crippen LogP contribution in [0.25, 0.3) is 0 Å². The fourth-order valence-corrected chi connectivity index (χ4v) is 3.95. The largest absolute Gasteiger partial charge is 0.316 e. The third-order valence-corrected chi connectivity index (χ3v) is 5.09. The summed E-state index contributed by atoms with van der Waals surface area (Å²) in [6.07, 6.45) is 0. The number of rotatable bonds is 4. The lowest BCUT2D eigenvalue weighted by atomic mass is 10.1. The summed E-state index contributed by atoms with van der Waals surface area (Å²) in [5, 5.41) is 3.04. The van der Waals surface area contributed by atoms with Gasteiger partial charge in [0.15, 0.2) is 9.84 Å². The van der Waals surface area contributed by atoms with E-state index in [1.54, 1.807) is 0 Å². The standard InChI is InChI=1S/C11H13BrFNO2S/c12-10-3-8(1-2-11(10)13)6-17(15,16)7-9-4-14-5-9/h1-3,9,14H,4-7H2. The third kappa shape index (κ3) is 3.50. The molecule has 0 spiro atoms. The molecule has 17 heavy (non-hydrogen) atoms. The summed E-state index contributed by atoms with van der Waals surface area (Å²) < 4.78 is 37.0. The highest BCUT2D eigenvalue weighted by atomic mass is 79.9. The van der Waals surface area contributed by atoms with Gasteiger partial charge in [-0.1, -0.05) is 6.07 Å². The molecule has 6 heteroatoms. The van der Waals surface area contributed by atoms with E-state index < -0.39 is 9.84 Å². The summed E-state index contributed by atoms with van der Waals surface area (Å²) in [4.78, 5) is 0. The Morgan fingerprint density at radius 1 is 1.41 bits per heavy atom. The zero-order chi connectivity index (χ0) is 12.5. The van der Waals surface area contributed by atoms with Gasteiger partial charge < -0.3 is 5.32 Å². The van der Waals surface area contributed by atoms with E-state index in [-0.39, 0.29) is 23.2 Å². The molecule has 0 radical (unpaired) electrons. The Morgan fingerprint density at radius 2 is 2.12 bits per heavy atom. The quantitative estimate of drug-likeness (QED) is 0.918. The van der Waals surface area contributed by atoms with Crippen molar-refractivity contribution in [1.29, 1.82) is 0 Å². The second-order valence-electron chi connectivity index (χ2n) is 4.33. The first-order valence-electron chi connectivity index (χ1n) is 5.31. The van der Waals surface area contributed by atoms with Crippen molar-refractivity contribution in [3.8, 4) is 0 Å². The SMILES string of the molecule is O=S(=O)(Cc1ccc(F)c(Br)c1)CC1CNC1. The highest BCUT2D eigenvalue weighted by Gasteiger charge is 2.24. The molecule has 0 saturated carbocycles. The summed E-state index contributed by atoms with van der Waals surface area (Å²) >= 11 is 3.05. The monoisotopic (exact) mass is 321 g/mol. The van der Waals surface area contributed by atoms with Crippen molar-refractivity contribution in [2.75, 3.05) is 18.8 Å². The van der Waals surface area contributed by atoms with Crippen LogP contribution in [-0.4, -0.2) is 27.3 Å². The molecule has 0 bridgehead atoms. The Labute approximate surface area is 108 Å². The highest BCUT2D eigenvalue weighted by Crippen LogP contribution is 2.19. The maximum atomic E-state index is 13.0. The molecule has 1 aliphatic rings. The molecule has 1 heterocycles. The van der Waals surface area contributed by atoms with Crippen LogP contribution in [0.1, 0.15) is 5.56 Å². The van der Waals surface area contributed by atoms with Crippen molar-refractivity contribution in [1.82, 2.24) is 5.32 Å². The predicted molar refractivity (Wildman–Crippen MR) is 68.0 cm³/mol. The van der Waals surface area contributed by atoms with Crippen LogP contribution in [0.2, 0.25) is 0 Å². The van der Waals surface area contributed by atoms with Gasteiger partial charge in [-0.25, -0.2) is 12.8 Å². The van der Waals surface area contributed by atoms with Crippen LogP contribution in [0.5, 0.6) is 0 Å². The minimum absolute atomic E-state index is 0.0254. The number of sulfone groups is 1. The van der Waals surface area contributed by atoms with E-state index in [0.717, 1.165) is 13.1 Å².